The molecule has 2 aliphatic rings. The van der Waals surface area contributed by atoms with Crippen molar-refractivity contribution in [3.8, 4) is 0 Å². The van der Waals surface area contributed by atoms with Gasteiger partial charge in [0, 0.05) is 12.2 Å². The van der Waals surface area contributed by atoms with E-state index in [-0.39, 0.29) is 17.4 Å². The summed E-state index contributed by atoms with van der Waals surface area (Å²) in [5, 5.41) is 12.6. The maximum absolute atomic E-state index is 11.9. The molecule has 92 valence electrons. The van der Waals surface area contributed by atoms with Crippen LogP contribution >= 0.6 is 11.6 Å². The number of hydrogen-bond donors (Lipinski definition) is 2. The lowest BCUT2D eigenvalue weighted by Gasteiger charge is -2.16. The Hall–Kier alpha value is -0.720. The van der Waals surface area contributed by atoms with E-state index < -0.39 is 10.8 Å². The van der Waals surface area contributed by atoms with Gasteiger partial charge in [-0.15, -0.1) is 0 Å². The van der Waals surface area contributed by atoms with E-state index in [1.54, 1.807) is 0 Å². The molecule has 1 aromatic rings. The van der Waals surface area contributed by atoms with Crippen molar-refractivity contribution >= 4 is 28.2 Å². The first-order valence-corrected chi connectivity index (χ1v) is 7.17. The van der Waals surface area contributed by atoms with E-state index in [2.05, 4.69) is 15.3 Å². The number of nitrogens with zero attached hydrogens (tertiary/aromatic N) is 2. The topological polar surface area (TPSA) is 75.1 Å². The van der Waals surface area contributed by atoms with E-state index in [0.717, 1.165) is 18.5 Å². The number of aliphatic hydroxyl groups is 1. The molecule has 3 rings (SSSR count). The third-order valence-electron chi connectivity index (χ3n) is 3.20. The van der Waals surface area contributed by atoms with Gasteiger partial charge in [-0.25, -0.2) is 4.98 Å². The highest BCUT2D eigenvalue weighted by molar-refractivity contribution is 7.85. The second-order valence-electron chi connectivity index (χ2n) is 4.48. The van der Waals surface area contributed by atoms with Gasteiger partial charge >= 0.3 is 0 Å². The molecule has 1 aromatic heterocycles. The first kappa shape index (κ1) is 11.4. The minimum absolute atomic E-state index is 0.0516. The number of halogens is 1. The van der Waals surface area contributed by atoms with E-state index >= 15 is 0 Å². The van der Waals surface area contributed by atoms with Gasteiger partial charge in [0.15, 0.2) is 0 Å². The zero-order valence-electron chi connectivity index (χ0n) is 9.07. The fourth-order valence-corrected chi connectivity index (χ4v) is 3.47. The third-order valence-corrected chi connectivity index (χ3v) is 4.83. The number of hydrogen-bond acceptors (Lipinski definition) is 5. The van der Waals surface area contributed by atoms with E-state index in [0.29, 0.717) is 22.9 Å². The average molecular weight is 274 g/mol. The summed E-state index contributed by atoms with van der Waals surface area (Å²) >= 11 is 5.85. The van der Waals surface area contributed by atoms with Crippen LogP contribution in [0.5, 0.6) is 0 Å². The van der Waals surface area contributed by atoms with Crippen molar-refractivity contribution in [3.05, 3.63) is 11.0 Å². The van der Waals surface area contributed by atoms with Crippen molar-refractivity contribution in [2.45, 2.75) is 29.7 Å². The monoisotopic (exact) mass is 273 g/mol. The highest BCUT2D eigenvalue weighted by atomic mass is 35.5. The number of fused-ring (bicyclic) bond motifs is 1. The first-order valence-electron chi connectivity index (χ1n) is 5.47. The number of rotatable bonds is 3. The molecule has 7 heteroatoms. The Labute approximate surface area is 106 Å². The normalized spacial score (nSPS) is 24.5. The standard InChI is InChI=1S/C10H12ClN3O2S/c11-9-12-6-1-4-17(16)7(6)8(13-9)14-10(5-15)2-3-10/h15H,1-5H2,(H,12,13,14). The molecule has 1 atom stereocenters. The van der Waals surface area contributed by atoms with Gasteiger partial charge in [0.1, 0.15) is 10.7 Å². The molecule has 2 N–H and O–H groups in total. The van der Waals surface area contributed by atoms with Crippen molar-refractivity contribution in [1.29, 1.82) is 0 Å². The molecule has 1 aliphatic heterocycles. The minimum atomic E-state index is -1.05. The zero-order valence-corrected chi connectivity index (χ0v) is 10.6. The Morgan fingerprint density at radius 2 is 2.24 bits per heavy atom. The summed E-state index contributed by atoms with van der Waals surface area (Å²) in [5.74, 6) is 1.10. The zero-order chi connectivity index (χ0) is 12.0. The largest absolute Gasteiger partial charge is 0.394 e. The summed E-state index contributed by atoms with van der Waals surface area (Å²) in [6.07, 6.45) is 2.46. The molecule has 0 aromatic carbocycles. The van der Waals surface area contributed by atoms with Crippen LogP contribution in [0.2, 0.25) is 5.28 Å². The quantitative estimate of drug-likeness (QED) is 0.794. The number of nitrogens with one attached hydrogen (secondary N) is 1. The maximum Gasteiger partial charge on any atom is 0.224 e. The van der Waals surface area contributed by atoms with E-state index in [1.165, 1.54) is 0 Å². The molecule has 0 bridgehead atoms. The Morgan fingerprint density at radius 3 is 2.88 bits per heavy atom. The first-order chi connectivity index (χ1) is 8.13. The van der Waals surface area contributed by atoms with Crippen LogP contribution < -0.4 is 5.32 Å². The van der Waals surface area contributed by atoms with Gasteiger partial charge in [0.25, 0.3) is 0 Å². The molecule has 1 saturated carbocycles. The molecule has 5 nitrogen and oxygen atoms in total. The van der Waals surface area contributed by atoms with Gasteiger partial charge in [0.05, 0.1) is 28.6 Å². The summed E-state index contributed by atoms with van der Waals surface area (Å²) in [7, 11) is -1.05. The van der Waals surface area contributed by atoms with E-state index in [4.69, 9.17) is 11.6 Å². The summed E-state index contributed by atoms with van der Waals surface area (Å²) in [6, 6.07) is 0. The Bertz CT molecular complexity index is 505. The van der Waals surface area contributed by atoms with Gasteiger partial charge in [0.2, 0.25) is 5.28 Å². The van der Waals surface area contributed by atoms with E-state index in [1.807, 2.05) is 0 Å². The van der Waals surface area contributed by atoms with Crippen LogP contribution in [0.3, 0.4) is 0 Å². The van der Waals surface area contributed by atoms with Gasteiger partial charge in [-0.2, -0.15) is 4.98 Å². The van der Waals surface area contributed by atoms with Crippen molar-refractivity contribution in [3.63, 3.8) is 0 Å². The molecule has 0 saturated heterocycles. The van der Waals surface area contributed by atoms with Crippen LogP contribution in [-0.4, -0.2) is 37.2 Å². The number of aromatic nitrogens is 2. The second-order valence-corrected chi connectivity index (χ2v) is 6.33. The molecule has 1 fully saturated rings. The third kappa shape index (κ3) is 1.94. The van der Waals surface area contributed by atoms with Crippen molar-refractivity contribution in [2.75, 3.05) is 17.7 Å². The molecule has 0 radical (unpaired) electrons. The van der Waals surface area contributed by atoms with Crippen LogP contribution in [0.4, 0.5) is 5.82 Å². The van der Waals surface area contributed by atoms with Crippen LogP contribution in [0.25, 0.3) is 0 Å². The maximum atomic E-state index is 11.9. The van der Waals surface area contributed by atoms with Crippen molar-refractivity contribution in [2.24, 2.45) is 0 Å². The summed E-state index contributed by atoms with van der Waals surface area (Å²) < 4.78 is 11.9. The Kier molecular flexibility index (Phi) is 2.61. The lowest BCUT2D eigenvalue weighted by molar-refractivity contribution is 0.265. The van der Waals surface area contributed by atoms with Crippen LogP contribution in [0.1, 0.15) is 18.5 Å². The molecule has 2 heterocycles. The predicted molar refractivity (Wildman–Crippen MR) is 64.7 cm³/mol. The summed E-state index contributed by atoms with van der Waals surface area (Å²) in [4.78, 5) is 8.87. The van der Waals surface area contributed by atoms with E-state index in [9.17, 15) is 9.32 Å². The number of anilines is 1. The van der Waals surface area contributed by atoms with Crippen molar-refractivity contribution in [1.82, 2.24) is 9.97 Å². The van der Waals surface area contributed by atoms with Gasteiger partial charge in [-0.3, -0.25) is 4.21 Å². The molecular formula is C10H12ClN3O2S. The number of aryl methyl sites for hydroxylation is 1. The van der Waals surface area contributed by atoms with Crippen LogP contribution in [0, 0.1) is 0 Å². The molecule has 0 spiro atoms. The van der Waals surface area contributed by atoms with Gasteiger partial charge in [-0.1, -0.05) is 0 Å². The Balaban J connectivity index is 2.01. The summed E-state index contributed by atoms with van der Waals surface area (Å²) in [6.45, 7) is 0.0516. The fourth-order valence-electron chi connectivity index (χ4n) is 1.98. The molecule has 1 unspecified atom stereocenters. The second kappa shape index (κ2) is 3.90. The number of aliphatic hydroxyl groups excluding tert-OH is 1. The molecular weight excluding hydrogens is 262 g/mol. The minimum Gasteiger partial charge on any atom is -0.394 e. The fraction of sp³-hybridized carbons (Fsp3) is 0.600. The lowest BCUT2D eigenvalue weighted by atomic mass is 10.2. The highest BCUT2D eigenvalue weighted by Gasteiger charge is 2.43. The molecule has 1 aliphatic carbocycles. The molecule has 0 amide bonds. The highest BCUT2D eigenvalue weighted by Crippen LogP contribution is 2.40. The Morgan fingerprint density at radius 1 is 1.47 bits per heavy atom. The van der Waals surface area contributed by atoms with Crippen LogP contribution in [-0.2, 0) is 17.2 Å². The smallest absolute Gasteiger partial charge is 0.224 e. The summed E-state index contributed by atoms with van der Waals surface area (Å²) in [5.41, 5.74) is 0.470. The molecule has 17 heavy (non-hydrogen) atoms. The lowest BCUT2D eigenvalue weighted by Crippen LogP contribution is -2.27. The predicted octanol–water partition coefficient (Wildman–Crippen LogP) is 0.730. The van der Waals surface area contributed by atoms with Crippen LogP contribution in [0.15, 0.2) is 4.90 Å². The SMILES string of the molecule is O=S1CCc2nc(Cl)nc(NC3(CO)CC3)c21. The average Bonchev–Trinajstić information content (AvgIpc) is 2.97. The van der Waals surface area contributed by atoms with Gasteiger partial charge in [-0.05, 0) is 24.4 Å². The van der Waals surface area contributed by atoms with Gasteiger partial charge < -0.3 is 10.4 Å². The van der Waals surface area contributed by atoms with Crippen molar-refractivity contribution < 1.29 is 9.32 Å².